The number of rotatable bonds is 2. The van der Waals surface area contributed by atoms with E-state index >= 15 is 0 Å². The van der Waals surface area contributed by atoms with Crippen LogP contribution in [0.2, 0.25) is 10.0 Å². The molecule has 0 saturated carbocycles. The maximum Gasteiger partial charge on any atom is 0.261 e. The lowest BCUT2D eigenvalue weighted by atomic mass is 9.89. The zero-order chi connectivity index (χ0) is 15.0. The maximum atomic E-state index is 11.8. The van der Waals surface area contributed by atoms with Gasteiger partial charge < -0.3 is 10.5 Å². The van der Waals surface area contributed by atoms with Gasteiger partial charge >= 0.3 is 0 Å². The third kappa shape index (κ3) is 2.81. The number of benzene rings is 1. The van der Waals surface area contributed by atoms with Gasteiger partial charge in [0, 0.05) is 11.3 Å². The Morgan fingerprint density at radius 1 is 1.19 bits per heavy atom. The number of nitrogens with two attached hydrogens (primary N) is 1. The maximum absolute atomic E-state index is 11.8. The van der Waals surface area contributed by atoms with Gasteiger partial charge in [-0.2, -0.15) is 5.43 Å². The van der Waals surface area contributed by atoms with E-state index < -0.39 is 6.23 Å². The molecule has 7 heteroatoms. The SMILES string of the molecule is Nc1cc(Cl)c(OC2NNC(=O)C3=C2CCCC3)c(Cl)c1. The summed E-state index contributed by atoms with van der Waals surface area (Å²) in [7, 11) is 0. The van der Waals surface area contributed by atoms with Gasteiger partial charge in [-0.05, 0) is 43.4 Å². The van der Waals surface area contributed by atoms with Crippen molar-refractivity contribution in [1.29, 1.82) is 0 Å². The smallest absolute Gasteiger partial charge is 0.261 e. The highest BCUT2D eigenvalue weighted by Crippen LogP contribution is 2.38. The lowest BCUT2D eigenvalue weighted by Gasteiger charge is -2.32. The zero-order valence-corrected chi connectivity index (χ0v) is 12.7. The summed E-state index contributed by atoms with van der Waals surface area (Å²) >= 11 is 12.3. The number of carbonyl (C=O) groups excluding carboxylic acids is 1. The van der Waals surface area contributed by atoms with Gasteiger partial charge in [-0.3, -0.25) is 10.2 Å². The molecule has 3 rings (SSSR count). The second-order valence-electron chi connectivity index (χ2n) is 5.12. The highest BCUT2D eigenvalue weighted by atomic mass is 35.5. The lowest BCUT2D eigenvalue weighted by molar-refractivity contribution is -0.120. The van der Waals surface area contributed by atoms with Gasteiger partial charge in [0.1, 0.15) is 0 Å². The molecule has 112 valence electrons. The topological polar surface area (TPSA) is 76.4 Å². The zero-order valence-electron chi connectivity index (χ0n) is 11.2. The molecule has 4 N–H and O–H groups in total. The second kappa shape index (κ2) is 5.75. The van der Waals surface area contributed by atoms with Crippen LogP contribution in [0.15, 0.2) is 23.3 Å². The van der Waals surface area contributed by atoms with Gasteiger partial charge in [0.25, 0.3) is 5.91 Å². The average molecular weight is 328 g/mol. The predicted molar refractivity (Wildman–Crippen MR) is 82.1 cm³/mol. The van der Waals surface area contributed by atoms with Crippen LogP contribution >= 0.6 is 23.2 Å². The van der Waals surface area contributed by atoms with Gasteiger partial charge in [-0.1, -0.05) is 23.2 Å². The van der Waals surface area contributed by atoms with Crippen LogP contribution in [-0.2, 0) is 4.79 Å². The van der Waals surface area contributed by atoms with Crippen molar-refractivity contribution in [3.8, 4) is 5.75 Å². The van der Waals surface area contributed by atoms with Crippen molar-refractivity contribution in [3.05, 3.63) is 33.3 Å². The monoisotopic (exact) mass is 327 g/mol. The minimum Gasteiger partial charge on any atom is -0.467 e. The van der Waals surface area contributed by atoms with Crippen LogP contribution in [0.1, 0.15) is 25.7 Å². The summed E-state index contributed by atoms with van der Waals surface area (Å²) in [5.41, 5.74) is 13.4. The predicted octanol–water partition coefficient (Wildman–Crippen LogP) is 2.79. The normalized spacial score (nSPS) is 21.8. The Morgan fingerprint density at radius 3 is 2.57 bits per heavy atom. The average Bonchev–Trinajstić information content (AvgIpc) is 2.45. The summed E-state index contributed by atoms with van der Waals surface area (Å²) in [6, 6.07) is 3.17. The van der Waals surface area contributed by atoms with Gasteiger partial charge in [-0.25, -0.2) is 0 Å². The van der Waals surface area contributed by atoms with Crippen LogP contribution in [0.25, 0.3) is 0 Å². The standard InChI is InChI=1S/C14H15Cl2N3O2/c15-10-5-7(17)6-11(16)12(10)21-14-9-4-2-1-3-8(9)13(20)18-19-14/h5-6,14,19H,1-4,17H2,(H,18,20). The van der Waals surface area contributed by atoms with Crippen molar-refractivity contribution in [2.75, 3.05) is 5.73 Å². The van der Waals surface area contributed by atoms with E-state index in [0.29, 0.717) is 21.5 Å². The molecule has 0 bridgehead atoms. The molecule has 1 aromatic rings. The Labute approximate surface area is 132 Å². The summed E-state index contributed by atoms with van der Waals surface area (Å²) < 4.78 is 5.89. The largest absolute Gasteiger partial charge is 0.467 e. The number of nitrogen functional groups attached to an aromatic ring is 1. The van der Waals surface area contributed by atoms with Crippen molar-refractivity contribution < 1.29 is 9.53 Å². The molecule has 1 atom stereocenters. The molecule has 1 aromatic carbocycles. The third-order valence-corrected chi connectivity index (χ3v) is 4.24. The van der Waals surface area contributed by atoms with Crippen molar-refractivity contribution in [2.45, 2.75) is 31.9 Å². The molecular weight excluding hydrogens is 313 g/mol. The van der Waals surface area contributed by atoms with Gasteiger partial charge in [0.05, 0.1) is 10.0 Å². The summed E-state index contributed by atoms with van der Waals surface area (Å²) in [6.45, 7) is 0. The summed E-state index contributed by atoms with van der Waals surface area (Å²) in [5.74, 6) is 0.276. The lowest BCUT2D eigenvalue weighted by Crippen LogP contribution is -2.53. The van der Waals surface area contributed by atoms with Crippen molar-refractivity contribution in [1.82, 2.24) is 10.9 Å². The first kappa shape index (κ1) is 14.5. The van der Waals surface area contributed by atoms with Gasteiger partial charge in [0.2, 0.25) is 0 Å². The molecule has 1 aliphatic heterocycles. The Bertz CT molecular complexity index is 608. The Morgan fingerprint density at radius 2 is 1.86 bits per heavy atom. The van der Waals surface area contributed by atoms with E-state index in [1.165, 1.54) is 0 Å². The first-order valence-electron chi connectivity index (χ1n) is 6.75. The van der Waals surface area contributed by atoms with E-state index in [1.54, 1.807) is 12.1 Å². The molecule has 21 heavy (non-hydrogen) atoms. The van der Waals surface area contributed by atoms with Crippen LogP contribution < -0.4 is 21.3 Å². The number of amides is 1. The highest BCUT2D eigenvalue weighted by Gasteiger charge is 2.31. The fourth-order valence-corrected chi connectivity index (χ4v) is 3.27. The summed E-state index contributed by atoms with van der Waals surface area (Å²) in [5, 5.41) is 0.688. The van der Waals surface area contributed by atoms with Crippen LogP contribution in [0.4, 0.5) is 5.69 Å². The van der Waals surface area contributed by atoms with E-state index in [4.69, 9.17) is 33.7 Å². The molecule has 1 heterocycles. The first-order chi connectivity index (χ1) is 10.1. The van der Waals surface area contributed by atoms with Crippen LogP contribution in [-0.4, -0.2) is 12.1 Å². The minimum absolute atomic E-state index is 0.0842. The van der Waals surface area contributed by atoms with Crippen LogP contribution in [0.3, 0.4) is 0 Å². The molecule has 0 spiro atoms. The number of hydrazine groups is 1. The quantitative estimate of drug-likeness (QED) is 0.730. The number of nitrogens with one attached hydrogen (secondary N) is 2. The van der Waals surface area contributed by atoms with E-state index in [0.717, 1.165) is 36.8 Å². The van der Waals surface area contributed by atoms with Gasteiger partial charge in [0.15, 0.2) is 12.0 Å². The Hall–Kier alpha value is -1.43. The van der Waals surface area contributed by atoms with Crippen molar-refractivity contribution in [2.24, 2.45) is 0 Å². The van der Waals surface area contributed by atoms with Crippen molar-refractivity contribution in [3.63, 3.8) is 0 Å². The number of carbonyl (C=O) groups is 1. The molecule has 0 aromatic heterocycles. The number of hydrogen-bond acceptors (Lipinski definition) is 4. The fraction of sp³-hybridized carbons (Fsp3) is 0.357. The number of ether oxygens (including phenoxy) is 1. The Kier molecular flexibility index (Phi) is 3.97. The fourth-order valence-electron chi connectivity index (χ4n) is 2.68. The third-order valence-electron chi connectivity index (χ3n) is 3.67. The number of hydrogen-bond donors (Lipinski definition) is 3. The van der Waals surface area contributed by atoms with Crippen LogP contribution in [0, 0.1) is 0 Å². The highest BCUT2D eigenvalue weighted by molar-refractivity contribution is 6.37. The second-order valence-corrected chi connectivity index (χ2v) is 5.94. The molecule has 0 fully saturated rings. The van der Waals surface area contributed by atoms with E-state index in [2.05, 4.69) is 10.9 Å². The summed E-state index contributed by atoms with van der Waals surface area (Å²) in [6.07, 6.45) is 3.19. The molecule has 1 amide bonds. The van der Waals surface area contributed by atoms with E-state index in [9.17, 15) is 4.79 Å². The van der Waals surface area contributed by atoms with Gasteiger partial charge in [-0.15, -0.1) is 0 Å². The molecule has 1 aliphatic carbocycles. The number of anilines is 1. The molecule has 0 saturated heterocycles. The molecule has 0 radical (unpaired) electrons. The molecular formula is C14H15Cl2N3O2. The van der Waals surface area contributed by atoms with E-state index in [-0.39, 0.29) is 5.91 Å². The van der Waals surface area contributed by atoms with Crippen LogP contribution in [0.5, 0.6) is 5.75 Å². The molecule has 5 nitrogen and oxygen atoms in total. The summed E-state index contributed by atoms with van der Waals surface area (Å²) in [4.78, 5) is 11.8. The minimum atomic E-state index is -0.461. The molecule has 1 unspecified atom stereocenters. The Balaban J connectivity index is 1.91. The van der Waals surface area contributed by atoms with E-state index in [1.807, 2.05) is 0 Å². The number of halogens is 2. The first-order valence-corrected chi connectivity index (χ1v) is 7.51. The van der Waals surface area contributed by atoms with Crippen molar-refractivity contribution >= 4 is 34.8 Å². The molecule has 2 aliphatic rings.